The minimum absolute atomic E-state index is 0.00465. The van der Waals surface area contributed by atoms with Gasteiger partial charge in [0, 0.05) is 18.5 Å². The molecule has 0 radical (unpaired) electrons. The number of nitrogens with zero attached hydrogens (tertiary/aromatic N) is 1. The summed E-state index contributed by atoms with van der Waals surface area (Å²) >= 11 is 0. The van der Waals surface area contributed by atoms with Gasteiger partial charge in [0.25, 0.3) is 5.91 Å². The smallest absolute Gasteiger partial charge is 0.263 e. The number of hydrogen-bond acceptors (Lipinski definition) is 3. The number of fused-ring (bicyclic) bond motifs is 1. The Hall–Kier alpha value is -2.17. The third kappa shape index (κ3) is 2.87. The van der Waals surface area contributed by atoms with Crippen molar-refractivity contribution in [1.29, 1.82) is 0 Å². The highest BCUT2D eigenvalue weighted by atomic mass is 16.3. The predicted molar refractivity (Wildman–Crippen MR) is 89.1 cm³/mol. The van der Waals surface area contributed by atoms with E-state index in [1.54, 1.807) is 24.0 Å². The van der Waals surface area contributed by atoms with Gasteiger partial charge in [0.2, 0.25) is 0 Å². The van der Waals surface area contributed by atoms with E-state index in [1.807, 2.05) is 42.5 Å². The molecule has 0 bridgehead atoms. The quantitative estimate of drug-likeness (QED) is 0.890. The number of anilines is 1. The number of benzene rings is 2. The first-order chi connectivity index (χ1) is 11.0. The van der Waals surface area contributed by atoms with Gasteiger partial charge < -0.3 is 15.1 Å². The summed E-state index contributed by atoms with van der Waals surface area (Å²) in [5.74, 6) is -0.351. The zero-order chi connectivity index (χ0) is 16.4. The van der Waals surface area contributed by atoms with Crippen LogP contribution in [0, 0.1) is 0 Å². The maximum Gasteiger partial charge on any atom is 0.263 e. The Labute approximate surface area is 136 Å². The highest BCUT2D eigenvalue weighted by molar-refractivity contribution is 6.06. The van der Waals surface area contributed by atoms with Crippen LogP contribution < -0.4 is 4.90 Å². The summed E-state index contributed by atoms with van der Waals surface area (Å²) in [6, 6.07) is 17.2. The SMILES string of the molecule is C[C@@H](O)C[C@]1(O)C(=O)N(CCc2ccccc2)c2ccccc21. The third-order valence-corrected chi connectivity index (χ3v) is 4.30. The normalized spacial score (nSPS) is 21.3. The second kappa shape index (κ2) is 6.14. The van der Waals surface area contributed by atoms with Crippen molar-refractivity contribution in [2.75, 3.05) is 11.4 Å². The van der Waals surface area contributed by atoms with Gasteiger partial charge in [-0.3, -0.25) is 4.79 Å². The van der Waals surface area contributed by atoms with E-state index >= 15 is 0 Å². The van der Waals surface area contributed by atoms with Crippen molar-refractivity contribution >= 4 is 11.6 Å². The van der Waals surface area contributed by atoms with E-state index in [0.717, 1.165) is 11.3 Å². The first-order valence-electron chi connectivity index (χ1n) is 7.88. The number of aliphatic hydroxyl groups is 2. The van der Waals surface area contributed by atoms with Crippen LogP contribution in [-0.4, -0.2) is 28.8 Å². The van der Waals surface area contributed by atoms with Crippen LogP contribution in [0.25, 0.3) is 0 Å². The second-order valence-corrected chi connectivity index (χ2v) is 6.12. The molecule has 3 rings (SSSR count). The predicted octanol–water partition coefficient (Wildman–Crippen LogP) is 2.23. The van der Waals surface area contributed by atoms with E-state index in [2.05, 4.69) is 0 Å². The Kier molecular flexibility index (Phi) is 4.20. The summed E-state index contributed by atoms with van der Waals surface area (Å²) in [5, 5.41) is 20.6. The van der Waals surface area contributed by atoms with Crippen LogP contribution >= 0.6 is 0 Å². The zero-order valence-corrected chi connectivity index (χ0v) is 13.1. The highest BCUT2D eigenvalue weighted by Crippen LogP contribution is 2.42. The fourth-order valence-electron chi connectivity index (χ4n) is 3.24. The van der Waals surface area contributed by atoms with Crippen molar-refractivity contribution in [3.8, 4) is 0 Å². The highest BCUT2D eigenvalue weighted by Gasteiger charge is 2.49. The van der Waals surface area contributed by atoms with Gasteiger partial charge in [-0.15, -0.1) is 0 Å². The largest absolute Gasteiger partial charge is 0.393 e. The summed E-state index contributed by atoms with van der Waals surface area (Å²) in [4.78, 5) is 14.4. The second-order valence-electron chi connectivity index (χ2n) is 6.12. The topological polar surface area (TPSA) is 60.8 Å². The van der Waals surface area contributed by atoms with Gasteiger partial charge in [0.15, 0.2) is 5.60 Å². The minimum atomic E-state index is -1.64. The molecule has 0 unspecified atom stereocenters. The molecule has 4 nitrogen and oxygen atoms in total. The molecule has 0 aliphatic carbocycles. The lowest BCUT2D eigenvalue weighted by molar-refractivity contribution is -0.139. The number of carbonyl (C=O) groups is 1. The third-order valence-electron chi connectivity index (χ3n) is 4.30. The van der Waals surface area contributed by atoms with Gasteiger partial charge >= 0.3 is 0 Å². The monoisotopic (exact) mass is 311 g/mol. The molecule has 2 aromatic rings. The molecule has 0 aromatic heterocycles. The first-order valence-corrected chi connectivity index (χ1v) is 7.88. The van der Waals surface area contributed by atoms with Gasteiger partial charge in [0.05, 0.1) is 11.8 Å². The number of hydrogen-bond donors (Lipinski definition) is 2. The Morgan fingerprint density at radius 2 is 1.74 bits per heavy atom. The van der Waals surface area contributed by atoms with Crippen LogP contribution in [0.15, 0.2) is 54.6 Å². The zero-order valence-electron chi connectivity index (χ0n) is 13.1. The molecule has 120 valence electrons. The van der Waals surface area contributed by atoms with E-state index in [4.69, 9.17) is 0 Å². The number of para-hydroxylation sites is 1. The number of rotatable bonds is 5. The molecule has 1 heterocycles. The summed E-state index contributed by atoms with van der Waals surface area (Å²) in [5.41, 5.74) is 0.820. The van der Waals surface area contributed by atoms with Crippen LogP contribution in [0.3, 0.4) is 0 Å². The standard InChI is InChI=1S/C19H21NO3/c1-14(21)13-19(23)16-9-5-6-10-17(16)20(18(19)22)12-11-15-7-3-2-4-8-15/h2-10,14,21,23H,11-13H2,1H3/t14-,19-/m1/s1. The van der Waals surface area contributed by atoms with Gasteiger partial charge in [0.1, 0.15) is 0 Å². The van der Waals surface area contributed by atoms with Crippen LogP contribution in [0.5, 0.6) is 0 Å². The van der Waals surface area contributed by atoms with Gasteiger partial charge in [-0.2, -0.15) is 0 Å². The van der Waals surface area contributed by atoms with E-state index < -0.39 is 11.7 Å². The molecule has 0 saturated carbocycles. The molecule has 0 saturated heterocycles. The van der Waals surface area contributed by atoms with Crippen molar-refractivity contribution in [2.45, 2.75) is 31.5 Å². The van der Waals surface area contributed by atoms with Gasteiger partial charge in [-0.05, 0) is 25.0 Å². The average Bonchev–Trinajstić information content (AvgIpc) is 2.75. The van der Waals surface area contributed by atoms with Crippen LogP contribution in [0.4, 0.5) is 5.69 Å². The number of carbonyl (C=O) groups excluding carboxylic acids is 1. The van der Waals surface area contributed by atoms with Gasteiger partial charge in [-0.1, -0.05) is 48.5 Å². The lowest BCUT2D eigenvalue weighted by atomic mass is 9.90. The lowest BCUT2D eigenvalue weighted by Crippen LogP contribution is -2.42. The molecule has 1 amide bonds. The van der Waals surface area contributed by atoms with Crippen LogP contribution in [0.1, 0.15) is 24.5 Å². The molecule has 1 aliphatic heterocycles. The van der Waals surface area contributed by atoms with E-state index in [9.17, 15) is 15.0 Å². The molecule has 4 heteroatoms. The summed E-state index contributed by atoms with van der Waals surface area (Å²) in [6.45, 7) is 2.09. The van der Waals surface area contributed by atoms with Crippen LogP contribution in [0.2, 0.25) is 0 Å². The van der Waals surface area contributed by atoms with E-state index in [-0.39, 0.29) is 12.3 Å². The van der Waals surface area contributed by atoms with Crippen molar-refractivity contribution < 1.29 is 15.0 Å². The molecule has 2 N–H and O–H groups in total. The van der Waals surface area contributed by atoms with Gasteiger partial charge in [-0.25, -0.2) is 0 Å². The molecule has 23 heavy (non-hydrogen) atoms. The Bertz CT molecular complexity index is 699. The molecule has 0 spiro atoms. The fraction of sp³-hybridized carbons (Fsp3) is 0.316. The molecular formula is C19H21NO3. The Morgan fingerprint density at radius 1 is 1.09 bits per heavy atom. The maximum atomic E-state index is 12.8. The molecular weight excluding hydrogens is 290 g/mol. The number of aliphatic hydroxyl groups excluding tert-OH is 1. The average molecular weight is 311 g/mol. The number of amides is 1. The molecule has 2 aromatic carbocycles. The van der Waals surface area contributed by atoms with Crippen molar-refractivity contribution in [1.82, 2.24) is 0 Å². The Morgan fingerprint density at radius 3 is 2.43 bits per heavy atom. The molecule has 0 fully saturated rings. The van der Waals surface area contributed by atoms with Crippen molar-refractivity contribution in [3.05, 3.63) is 65.7 Å². The van der Waals surface area contributed by atoms with Crippen LogP contribution in [-0.2, 0) is 16.8 Å². The molecule has 2 atom stereocenters. The summed E-state index contributed by atoms with van der Waals surface area (Å²) in [6.07, 6.45) is -0.0397. The summed E-state index contributed by atoms with van der Waals surface area (Å²) in [7, 11) is 0. The molecule has 1 aliphatic rings. The van der Waals surface area contributed by atoms with E-state index in [1.165, 1.54) is 0 Å². The van der Waals surface area contributed by atoms with E-state index in [0.29, 0.717) is 18.5 Å². The Balaban J connectivity index is 1.88. The van der Waals surface area contributed by atoms with Crippen molar-refractivity contribution in [3.63, 3.8) is 0 Å². The lowest BCUT2D eigenvalue weighted by Gasteiger charge is -2.24. The minimum Gasteiger partial charge on any atom is -0.393 e. The maximum absolute atomic E-state index is 12.8. The van der Waals surface area contributed by atoms with Crippen molar-refractivity contribution in [2.24, 2.45) is 0 Å². The fourth-order valence-corrected chi connectivity index (χ4v) is 3.24. The summed E-state index contributed by atoms with van der Waals surface area (Å²) < 4.78 is 0. The first kappa shape index (κ1) is 15.7.